The quantitative estimate of drug-likeness (QED) is 0.463. The molecule has 0 aliphatic rings. The largest absolute Gasteiger partial charge is 0.550 e. The zero-order valence-corrected chi connectivity index (χ0v) is 8.75. The second-order valence-electron chi connectivity index (χ2n) is 3.63. The summed E-state index contributed by atoms with van der Waals surface area (Å²) in [7, 11) is 6.42. The molecule has 0 fully saturated rings. The van der Waals surface area contributed by atoms with Crippen LogP contribution < -0.4 is 5.11 Å². The van der Waals surface area contributed by atoms with Crippen LogP contribution in [-0.4, -0.2) is 38.1 Å². The molecule has 0 saturated carbocycles. The monoisotopic (exact) mass is 185 g/mol. The van der Waals surface area contributed by atoms with E-state index in [1.165, 1.54) is 6.08 Å². The van der Waals surface area contributed by atoms with Gasteiger partial charge in [0, 0.05) is 12.4 Å². The summed E-state index contributed by atoms with van der Waals surface area (Å²) in [5, 5.41) is 9.42. The summed E-state index contributed by atoms with van der Waals surface area (Å²) in [4.78, 5) is 9.42. The van der Waals surface area contributed by atoms with Gasteiger partial charge < -0.3 is 14.4 Å². The molecule has 0 aliphatic carbocycles. The first kappa shape index (κ1) is 14.4. The molecule has 0 atom stereocenters. The molecule has 0 unspecified atom stereocenters. The van der Waals surface area contributed by atoms with Gasteiger partial charge in [0.15, 0.2) is 0 Å². The number of hydrogen-bond donors (Lipinski definition) is 0. The Balaban J connectivity index is 0. The molecule has 0 saturated heterocycles. The van der Waals surface area contributed by atoms with Crippen LogP contribution in [0.4, 0.5) is 0 Å². The zero-order valence-electron chi connectivity index (χ0n) is 8.75. The highest BCUT2D eigenvalue weighted by Crippen LogP contribution is 1.86. The van der Waals surface area contributed by atoms with E-state index < -0.39 is 5.97 Å². The van der Waals surface area contributed by atoms with Crippen molar-refractivity contribution in [3.05, 3.63) is 25.3 Å². The van der Waals surface area contributed by atoms with Gasteiger partial charge in [-0.2, -0.15) is 0 Å². The average molecular weight is 185 g/mol. The number of hydrogen-bond acceptors (Lipinski definition) is 2. The SMILES string of the molecule is C=CCC(=O)[O-].C=CC[N+](C)(C)C. The number of rotatable bonds is 4. The van der Waals surface area contributed by atoms with E-state index >= 15 is 0 Å². The van der Waals surface area contributed by atoms with Crippen molar-refractivity contribution in [3.8, 4) is 0 Å². The number of quaternary nitrogens is 1. The van der Waals surface area contributed by atoms with Crippen molar-refractivity contribution in [1.82, 2.24) is 0 Å². The van der Waals surface area contributed by atoms with Crippen LogP contribution >= 0.6 is 0 Å². The minimum Gasteiger partial charge on any atom is -0.550 e. The fraction of sp³-hybridized carbons (Fsp3) is 0.500. The normalized spacial score (nSPS) is 9.46. The highest BCUT2D eigenvalue weighted by molar-refractivity contribution is 5.65. The molecule has 0 aliphatic heterocycles. The Morgan fingerprint density at radius 1 is 1.31 bits per heavy atom. The first-order valence-electron chi connectivity index (χ1n) is 4.05. The Bertz CT molecular complexity index is 168. The van der Waals surface area contributed by atoms with E-state index in [1.54, 1.807) is 0 Å². The standard InChI is InChI=1S/C6H14N.C4H6O2/c1-5-6-7(2,3)4;1-2-3-4(5)6/h5H,1,6H2,2-4H3;2H,1,3H2,(H,5,6)/q+1;/p-1. The Kier molecular flexibility index (Phi) is 8.39. The first-order valence-corrected chi connectivity index (χ1v) is 4.05. The summed E-state index contributed by atoms with van der Waals surface area (Å²) in [6.45, 7) is 7.85. The van der Waals surface area contributed by atoms with Crippen molar-refractivity contribution >= 4 is 5.97 Å². The fourth-order valence-electron chi connectivity index (χ4n) is 0.505. The smallest absolute Gasteiger partial charge is 0.0964 e. The molecule has 0 aromatic heterocycles. The molecule has 0 aromatic rings. The first-order chi connectivity index (χ1) is 5.83. The van der Waals surface area contributed by atoms with Gasteiger partial charge in [-0.05, 0) is 6.08 Å². The van der Waals surface area contributed by atoms with Crippen LogP contribution in [0.5, 0.6) is 0 Å². The van der Waals surface area contributed by atoms with Crippen molar-refractivity contribution in [2.45, 2.75) is 6.42 Å². The molecule has 0 heterocycles. The minimum absolute atomic E-state index is 0.0556. The summed E-state index contributed by atoms with van der Waals surface area (Å²) >= 11 is 0. The molecule has 0 N–H and O–H groups in total. The zero-order chi connectivity index (χ0) is 10.9. The van der Waals surface area contributed by atoms with Crippen LogP contribution in [0.3, 0.4) is 0 Å². The lowest BCUT2D eigenvalue weighted by Crippen LogP contribution is -2.33. The number of likely N-dealkylation sites (N-methyl/N-ethyl adjacent to an activating group) is 1. The lowest BCUT2D eigenvalue weighted by atomic mass is 10.4. The van der Waals surface area contributed by atoms with Crippen molar-refractivity contribution in [3.63, 3.8) is 0 Å². The van der Waals surface area contributed by atoms with Gasteiger partial charge in [-0.1, -0.05) is 12.7 Å². The molecule has 0 aromatic carbocycles. The number of aliphatic carboxylic acids is 1. The predicted molar refractivity (Wildman–Crippen MR) is 52.9 cm³/mol. The number of carboxylic acids is 1. The molecule has 13 heavy (non-hydrogen) atoms. The lowest BCUT2D eigenvalue weighted by molar-refractivity contribution is -0.864. The number of carbonyl (C=O) groups is 1. The lowest BCUT2D eigenvalue weighted by Gasteiger charge is -2.21. The van der Waals surface area contributed by atoms with Crippen molar-refractivity contribution < 1.29 is 14.4 Å². The molecule has 0 rings (SSSR count). The van der Waals surface area contributed by atoms with Gasteiger partial charge in [0.05, 0.1) is 27.7 Å². The summed E-state index contributed by atoms with van der Waals surface area (Å²) < 4.78 is 0.976. The Hall–Kier alpha value is -1.09. The number of carboxylic acid groups (broad SMARTS) is 1. The van der Waals surface area contributed by atoms with Crippen molar-refractivity contribution in [1.29, 1.82) is 0 Å². The third-order valence-corrected chi connectivity index (χ3v) is 0.988. The molecule has 3 nitrogen and oxygen atoms in total. The summed E-state index contributed by atoms with van der Waals surface area (Å²) in [5.41, 5.74) is 0. The van der Waals surface area contributed by atoms with Gasteiger partial charge >= 0.3 is 0 Å². The predicted octanol–water partition coefficient (Wildman–Crippen LogP) is 0.191. The van der Waals surface area contributed by atoms with Crippen LogP contribution in [0.2, 0.25) is 0 Å². The van der Waals surface area contributed by atoms with Gasteiger partial charge in [0.25, 0.3) is 0 Å². The van der Waals surface area contributed by atoms with E-state index in [4.69, 9.17) is 0 Å². The second-order valence-corrected chi connectivity index (χ2v) is 3.63. The molecule has 76 valence electrons. The van der Waals surface area contributed by atoms with Gasteiger partial charge in [-0.3, -0.25) is 0 Å². The number of nitrogens with zero attached hydrogens (tertiary/aromatic N) is 1. The molecule has 3 heteroatoms. The van der Waals surface area contributed by atoms with E-state index in [1.807, 2.05) is 6.08 Å². The summed E-state index contributed by atoms with van der Waals surface area (Å²) in [6, 6.07) is 0. The maximum Gasteiger partial charge on any atom is 0.0964 e. The molecular formula is C10H19NO2. The minimum atomic E-state index is -1.08. The van der Waals surface area contributed by atoms with Gasteiger partial charge in [0.2, 0.25) is 0 Å². The molecule has 0 spiro atoms. The van der Waals surface area contributed by atoms with Crippen molar-refractivity contribution in [2.24, 2.45) is 0 Å². The highest BCUT2D eigenvalue weighted by atomic mass is 16.4. The topological polar surface area (TPSA) is 40.1 Å². The Morgan fingerprint density at radius 2 is 1.77 bits per heavy atom. The van der Waals surface area contributed by atoms with Crippen LogP contribution in [-0.2, 0) is 4.79 Å². The number of carbonyl (C=O) groups excluding carboxylic acids is 1. The molecular weight excluding hydrogens is 166 g/mol. The summed E-state index contributed by atoms with van der Waals surface area (Å²) in [6.07, 6.45) is 3.16. The van der Waals surface area contributed by atoms with E-state index in [9.17, 15) is 9.90 Å². The average Bonchev–Trinajstić information content (AvgIpc) is 1.84. The van der Waals surface area contributed by atoms with E-state index in [0.717, 1.165) is 11.0 Å². The second kappa shape index (κ2) is 7.55. The van der Waals surface area contributed by atoms with E-state index in [-0.39, 0.29) is 6.42 Å². The van der Waals surface area contributed by atoms with Crippen molar-refractivity contribution in [2.75, 3.05) is 27.7 Å². The van der Waals surface area contributed by atoms with Gasteiger partial charge in [-0.25, -0.2) is 0 Å². The molecule has 0 radical (unpaired) electrons. The van der Waals surface area contributed by atoms with Crippen LogP contribution in [0.1, 0.15) is 6.42 Å². The van der Waals surface area contributed by atoms with Crippen LogP contribution in [0.15, 0.2) is 25.3 Å². The molecule has 0 amide bonds. The Labute approximate surface area is 80.6 Å². The van der Waals surface area contributed by atoms with E-state index in [2.05, 4.69) is 34.3 Å². The fourth-order valence-corrected chi connectivity index (χ4v) is 0.505. The molecule has 0 bridgehead atoms. The maximum atomic E-state index is 9.42. The van der Waals surface area contributed by atoms with Gasteiger partial charge in [-0.15, -0.1) is 6.58 Å². The highest BCUT2D eigenvalue weighted by Gasteiger charge is 1.99. The summed E-state index contributed by atoms with van der Waals surface area (Å²) in [5.74, 6) is -1.08. The third-order valence-electron chi connectivity index (χ3n) is 0.988. The van der Waals surface area contributed by atoms with Crippen LogP contribution in [0, 0.1) is 0 Å². The maximum absolute atomic E-state index is 9.42. The Morgan fingerprint density at radius 3 is 1.77 bits per heavy atom. The van der Waals surface area contributed by atoms with Crippen LogP contribution in [0.25, 0.3) is 0 Å². The van der Waals surface area contributed by atoms with E-state index in [0.29, 0.717) is 0 Å². The third kappa shape index (κ3) is 24.8. The van der Waals surface area contributed by atoms with Gasteiger partial charge in [0.1, 0.15) is 0 Å².